The van der Waals surface area contributed by atoms with E-state index >= 15 is 0 Å². The molecule has 150 valence electrons. The van der Waals surface area contributed by atoms with Crippen molar-refractivity contribution in [2.75, 3.05) is 13.2 Å². The summed E-state index contributed by atoms with van der Waals surface area (Å²) in [5.41, 5.74) is 2.77. The Kier molecular flexibility index (Phi) is 4.81. The summed E-state index contributed by atoms with van der Waals surface area (Å²) >= 11 is 0. The standard InChI is InChI=1S/C20H22F3N3O2/c1-2-28-17-4-3-13-5-7-25(12-15(13)10-17)18(27)14-6-8-26-16(9-14)11-24-19(26)20(21,22)23/h3-4,10-11,14H,2,5-9,12H2,1H3/t14-/m1/s1. The van der Waals surface area contributed by atoms with Gasteiger partial charge in [-0.05, 0) is 43.0 Å². The zero-order valence-electron chi connectivity index (χ0n) is 15.6. The number of hydrogen-bond acceptors (Lipinski definition) is 3. The molecule has 2 aliphatic rings. The molecule has 0 N–H and O–H groups in total. The van der Waals surface area contributed by atoms with Crippen molar-refractivity contribution in [3.05, 3.63) is 47.0 Å². The van der Waals surface area contributed by atoms with Gasteiger partial charge >= 0.3 is 6.18 Å². The first-order valence-electron chi connectivity index (χ1n) is 9.51. The maximum Gasteiger partial charge on any atom is 0.449 e. The summed E-state index contributed by atoms with van der Waals surface area (Å²) in [5, 5.41) is 0. The van der Waals surface area contributed by atoms with Crippen molar-refractivity contribution < 1.29 is 22.7 Å². The molecular formula is C20H22F3N3O2. The number of amides is 1. The summed E-state index contributed by atoms with van der Waals surface area (Å²) in [6.45, 7) is 3.81. The highest BCUT2D eigenvalue weighted by Gasteiger charge is 2.40. The minimum atomic E-state index is -4.47. The van der Waals surface area contributed by atoms with Crippen molar-refractivity contribution in [1.29, 1.82) is 0 Å². The van der Waals surface area contributed by atoms with E-state index < -0.39 is 12.0 Å². The van der Waals surface area contributed by atoms with Crippen LogP contribution in [-0.2, 0) is 36.9 Å². The van der Waals surface area contributed by atoms with Gasteiger partial charge in [0, 0.05) is 43.9 Å². The van der Waals surface area contributed by atoms with E-state index in [1.54, 1.807) is 0 Å². The quantitative estimate of drug-likeness (QED) is 0.803. The van der Waals surface area contributed by atoms with E-state index in [4.69, 9.17) is 4.74 Å². The summed E-state index contributed by atoms with van der Waals surface area (Å²) in [6, 6.07) is 5.96. The Labute approximate surface area is 161 Å². The van der Waals surface area contributed by atoms with Gasteiger partial charge in [-0.25, -0.2) is 4.98 Å². The molecule has 0 radical (unpaired) electrons. The van der Waals surface area contributed by atoms with Gasteiger partial charge in [0.1, 0.15) is 5.75 Å². The van der Waals surface area contributed by atoms with Gasteiger partial charge in [-0.1, -0.05) is 6.07 Å². The molecule has 5 nitrogen and oxygen atoms in total. The van der Waals surface area contributed by atoms with Crippen LogP contribution < -0.4 is 4.74 Å². The van der Waals surface area contributed by atoms with Crippen LogP contribution in [0.5, 0.6) is 5.75 Å². The summed E-state index contributed by atoms with van der Waals surface area (Å²) in [6.07, 6.45) is -1.75. The average molecular weight is 393 g/mol. The molecular weight excluding hydrogens is 371 g/mol. The zero-order valence-corrected chi connectivity index (χ0v) is 15.6. The van der Waals surface area contributed by atoms with Crippen LogP contribution in [0.25, 0.3) is 0 Å². The topological polar surface area (TPSA) is 47.4 Å². The number of benzene rings is 1. The largest absolute Gasteiger partial charge is 0.494 e. The number of fused-ring (bicyclic) bond motifs is 2. The van der Waals surface area contributed by atoms with Crippen molar-refractivity contribution in [3.8, 4) is 5.75 Å². The fourth-order valence-electron chi connectivity index (χ4n) is 4.14. The molecule has 2 aliphatic heterocycles. The molecule has 1 aromatic carbocycles. The van der Waals surface area contributed by atoms with Crippen LogP contribution in [0.15, 0.2) is 24.4 Å². The molecule has 1 atom stereocenters. The monoisotopic (exact) mass is 393 g/mol. The van der Waals surface area contributed by atoms with Crippen LogP contribution >= 0.6 is 0 Å². The molecule has 2 aromatic rings. The lowest BCUT2D eigenvalue weighted by Crippen LogP contribution is -2.42. The Hall–Kier alpha value is -2.51. The number of ether oxygens (including phenoxy) is 1. The lowest BCUT2D eigenvalue weighted by molar-refractivity contribution is -0.147. The normalized spacial score (nSPS) is 19.1. The first-order chi connectivity index (χ1) is 13.4. The predicted octanol–water partition coefficient (Wildman–Crippen LogP) is 3.45. The second-order valence-corrected chi connectivity index (χ2v) is 7.29. The van der Waals surface area contributed by atoms with Crippen molar-refractivity contribution in [2.24, 2.45) is 5.92 Å². The van der Waals surface area contributed by atoms with Crippen LogP contribution in [0.1, 0.15) is 36.0 Å². The van der Waals surface area contributed by atoms with Crippen molar-refractivity contribution in [3.63, 3.8) is 0 Å². The zero-order chi connectivity index (χ0) is 19.9. The van der Waals surface area contributed by atoms with E-state index in [9.17, 15) is 18.0 Å². The van der Waals surface area contributed by atoms with E-state index in [0.29, 0.717) is 38.2 Å². The highest BCUT2D eigenvalue weighted by atomic mass is 19.4. The second kappa shape index (κ2) is 7.14. The Bertz CT molecular complexity index is 891. The maximum atomic E-state index is 13.0. The molecule has 0 fully saturated rings. The molecule has 0 spiro atoms. The Morgan fingerprint density at radius 3 is 2.86 bits per heavy atom. The van der Waals surface area contributed by atoms with E-state index in [1.807, 2.05) is 30.0 Å². The van der Waals surface area contributed by atoms with Crippen LogP contribution in [0.4, 0.5) is 13.2 Å². The van der Waals surface area contributed by atoms with Crippen LogP contribution in [0.3, 0.4) is 0 Å². The first-order valence-corrected chi connectivity index (χ1v) is 9.51. The molecule has 8 heteroatoms. The molecule has 0 saturated carbocycles. The molecule has 1 aromatic heterocycles. The summed E-state index contributed by atoms with van der Waals surface area (Å²) < 4.78 is 45.8. The van der Waals surface area contributed by atoms with Gasteiger partial charge in [0.15, 0.2) is 0 Å². The van der Waals surface area contributed by atoms with Gasteiger partial charge in [0.05, 0.1) is 6.61 Å². The van der Waals surface area contributed by atoms with E-state index in [1.165, 1.54) is 16.3 Å². The number of aromatic nitrogens is 2. The minimum absolute atomic E-state index is 0.00784. The second-order valence-electron chi connectivity index (χ2n) is 7.29. The molecule has 0 aliphatic carbocycles. The molecule has 3 heterocycles. The third kappa shape index (κ3) is 3.47. The van der Waals surface area contributed by atoms with Crippen LogP contribution in [0, 0.1) is 5.92 Å². The molecule has 0 unspecified atom stereocenters. The predicted molar refractivity (Wildman–Crippen MR) is 95.8 cm³/mol. The summed E-state index contributed by atoms with van der Waals surface area (Å²) in [7, 11) is 0. The SMILES string of the molecule is CCOc1ccc2c(c1)CN(C(=O)[C@@H]1CCn3c(cnc3C(F)(F)F)C1)CC2. The molecule has 4 rings (SSSR count). The van der Waals surface area contributed by atoms with Gasteiger partial charge < -0.3 is 14.2 Å². The highest BCUT2D eigenvalue weighted by molar-refractivity contribution is 5.79. The molecule has 1 amide bonds. The lowest BCUT2D eigenvalue weighted by atomic mass is 9.92. The van der Waals surface area contributed by atoms with Gasteiger partial charge in [0.25, 0.3) is 0 Å². The number of imidazole rings is 1. The fourth-order valence-corrected chi connectivity index (χ4v) is 4.14. The maximum absolute atomic E-state index is 13.0. The Balaban J connectivity index is 1.47. The van der Waals surface area contributed by atoms with Gasteiger partial charge in [-0.3, -0.25) is 4.79 Å². The van der Waals surface area contributed by atoms with E-state index in [2.05, 4.69) is 4.98 Å². The third-order valence-electron chi connectivity index (χ3n) is 5.51. The van der Waals surface area contributed by atoms with Crippen LogP contribution in [0.2, 0.25) is 0 Å². The highest BCUT2D eigenvalue weighted by Crippen LogP contribution is 2.33. The Morgan fingerprint density at radius 2 is 2.11 bits per heavy atom. The van der Waals surface area contributed by atoms with E-state index in [0.717, 1.165) is 17.7 Å². The minimum Gasteiger partial charge on any atom is -0.494 e. The van der Waals surface area contributed by atoms with Crippen molar-refractivity contribution >= 4 is 5.91 Å². The number of hydrogen-bond donors (Lipinski definition) is 0. The molecule has 0 bridgehead atoms. The van der Waals surface area contributed by atoms with E-state index in [-0.39, 0.29) is 18.4 Å². The van der Waals surface area contributed by atoms with Gasteiger partial charge in [-0.15, -0.1) is 0 Å². The number of rotatable bonds is 3. The molecule has 0 saturated heterocycles. The number of carbonyl (C=O) groups is 1. The third-order valence-corrected chi connectivity index (χ3v) is 5.51. The average Bonchev–Trinajstić information content (AvgIpc) is 3.10. The number of nitrogens with zero attached hydrogens (tertiary/aromatic N) is 3. The molecule has 28 heavy (non-hydrogen) atoms. The summed E-state index contributed by atoms with van der Waals surface area (Å²) in [5.74, 6) is -0.379. The van der Waals surface area contributed by atoms with Gasteiger partial charge in [-0.2, -0.15) is 13.2 Å². The fraction of sp³-hybridized carbons (Fsp3) is 0.500. The first kappa shape index (κ1) is 18.8. The van der Waals surface area contributed by atoms with Crippen molar-refractivity contribution in [2.45, 2.75) is 45.5 Å². The smallest absolute Gasteiger partial charge is 0.449 e. The lowest BCUT2D eigenvalue weighted by Gasteiger charge is -2.33. The van der Waals surface area contributed by atoms with Gasteiger partial charge in [0.2, 0.25) is 11.7 Å². The number of carbonyl (C=O) groups excluding carboxylic acids is 1. The summed E-state index contributed by atoms with van der Waals surface area (Å²) in [4.78, 5) is 18.4. The number of alkyl halides is 3. The van der Waals surface area contributed by atoms with Crippen molar-refractivity contribution in [1.82, 2.24) is 14.5 Å². The van der Waals surface area contributed by atoms with Crippen LogP contribution in [-0.4, -0.2) is 33.5 Å². The Morgan fingerprint density at radius 1 is 1.29 bits per heavy atom. The number of halogens is 3.